The lowest BCUT2D eigenvalue weighted by Crippen LogP contribution is -2.29. The first-order valence-electron chi connectivity index (χ1n) is 9.01. The van der Waals surface area contributed by atoms with Crippen LogP contribution in [0.15, 0.2) is 65.5 Å². The normalized spacial score (nSPS) is 12.0. The van der Waals surface area contributed by atoms with Gasteiger partial charge in [-0.2, -0.15) is 0 Å². The minimum absolute atomic E-state index is 0.0269. The lowest BCUT2D eigenvalue weighted by molar-refractivity contribution is 0.186. The van der Waals surface area contributed by atoms with Gasteiger partial charge in [0.15, 0.2) is 11.5 Å². The summed E-state index contributed by atoms with van der Waals surface area (Å²) in [6, 6.07) is 18.2. The van der Waals surface area contributed by atoms with Gasteiger partial charge in [0, 0.05) is 6.54 Å². The highest BCUT2D eigenvalue weighted by atomic mass is 16.5. The zero-order valence-corrected chi connectivity index (χ0v) is 15.6. The monoisotopic (exact) mass is 381 g/mol. The van der Waals surface area contributed by atoms with Crippen molar-refractivity contribution in [2.24, 2.45) is 0 Å². The molecule has 1 unspecified atom stereocenters. The van der Waals surface area contributed by atoms with Crippen molar-refractivity contribution in [2.45, 2.75) is 26.2 Å². The number of ether oxygens (including phenoxy) is 1. The average molecular weight is 381 g/mol. The molecule has 0 spiro atoms. The van der Waals surface area contributed by atoms with Gasteiger partial charge >= 0.3 is 0 Å². The van der Waals surface area contributed by atoms with Crippen LogP contribution in [-0.2, 0) is 13.2 Å². The summed E-state index contributed by atoms with van der Waals surface area (Å²) in [5, 5.41) is 31.0. The Morgan fingerprint density at radius 3 is 2.25 bits per heavy atom. The van der Waals surface area contributed by atoms with Crippen LogP contribution in [-0.4, -0.2) is 26.5 Å². The predicted molar refractivity (Wildman–Crippen MR) is 105 cm³/mol. The second-order valence-corrected chi connectivity index (χ2v) is 6.46. The Hall–Kier alpha value is -3.09. The molecule has 2 aromatic carbocycles. The van der Waals surface area contributed by atoms with Gasteiger partial charge in [-0.25, -0.2) is 0 Å². The predicted octanol–water partition coefficient (Wildman–Crippen LogP) is 2.52. The van der Waals surface area contributed by atoms with Gasteiger partial charge < -0.3 is 24.6 Å². The smallest absolute Gasteiger partial charge is 0.257 e. The number of hydrogen-bond acceptors (Lipinski definition) is 5. The molecule has 3 N–H and O–H groups in total. The number of hydrogen-bond donors (Lipinski definition) is 3. The third kappa shape index (κ3) is 3.93. The zero-order valence-electron chi connectivity index (χ0n) is 15.6. The number of pyridine rings is 1. The van der Waals surface area contributed by atoms with Crippen LogP contribution in [0.4, 0.5) is 0 Å². The number of rotatable bonds is 7. The molecule has 6 heteroatoms. The van der Waals surface area contributed by atoms with Crippen LogP contribution in [0.1, 0.15) is 28.5 Å². The lowest BCUT2D eigenvalue weighted by atomic mass is 10.0. The van der Waals surface area contributed by atoms with Gasteiger partial charge in [-0.05, 0) is 18.1 Å². The summed E-state index contributed by atoms with van der Waals surface area (Å²) in [6.07, 6.45) is -1.21. The Kier molecular flexibility index (Phi) is 6.13. The van der Waals surface area contributed by atoms with Crippen molar-refractivity contribution in [3.05, 3.63) is 93.4 Å². The molecule has 0 fully saturated rings. The Labute approximate surface area is 162 Å². The van der Waals surface area contributed by atoms with Crippen LogP contribution in [0.2, 0.25) is 0 Å². The standard InChI is InChI=1S/C22H23NO5/c1-15-19(25)21(28-14-16-8-4-2-5-9-16)18(23(12-13-24)22(15)27)20(26)17-10-6-3-7-11-17/h2-11,20,24-26H,12-14H2,1H3. The van der Waals surface area contributed by atoms with Crippen LogP contribution in [0.5, 0.6) is 11.5 Å². The summed E-state index contributed by atoms with van der Waals surface area (Å²) in [6.45, 7) is 1.32. The Morgan fingerprint density at radius 1 is 1.04 bits per heavy atom. The first kappa shape index (κ1) is 19.7. The summed E-state index contributed by atoms with van der Waals surface area (Å²) in [4.78, 5) is 12.7. The van der Waals surface area contributed by atoms with Gasteiger partial charge in [-0.15, -0.1) is 0 Å². The van der Waals surface area contributed by atoms with E-state index in [2.05, 4.69) is 0 Å². The first-order valence-corrected chi connectivity index (χ1v) is 9.01. The fourth-order valence-electron chi connectivity index (χ4n) is 3.09. The van der Waals surface area contributed by atoms with E-state index in [9.17, 15) is 20.1 Å². The molecule has 3 aromatic rings. The van der Waals surface area contributed by atoms with Gasteiger partial charge in [0.2, 0.25) is 0 Å². The maximum atomic E-state index is 12.7. The molecule has 0 bridgehead atoms. The summed E-state index contributed by atoms with van der Waals surface area (Å²) < 4.78 is 7.13. The molecule has 0 saturated heterocycles. The Bertz CT molecular complexity index is 983. The number of aromatic nitrogens is 1. The summed E-state index contributed by atoms with van der Waals surface area (Å²) in [5.41, 5.74) is 1.15. The molecule has 6 nitrogen and oxygen atoms in total. The van der Waals surface area contributed by atoms with E-state index < -0.39 is 11.7 Å². The van der Waals surface area contributed by atoms with Crippen LogP contribution >= 0.6 is 0 Å². The van der Waals surface area contributed by atoms with E-state index in [4.69, 9.17) is 4.74 Å². The maximum absolute atomic E-state index is 12.7. The molecule has 0 saturated carbocycles. The summed E-state index contributed by atoms with van der Waals surface area (Å²) in [5.74, 6) is -0.272. The molecule has 3 rings (SSSR count). The van der Waals surface area contributed by atoms with Crippen molar-refractivity contribution in [3.8, 4) is 11.5 Å². The van der Waals surface area contributed by atoms with E-state index >= 15 is 0 Å². The fraction of sp³-hybridized carbons (Fsp3) is 0.227. The first-order chi connectivity index (χ1) is 13.5. The van der Waals surface area contributed by atoms with Crippen molar-refractivity contribution >= 4 is 0 Å². The topological polar surface area (TPSA) is 91.9 Å². The summed E-state index contributed by atoms with van der Waals surface area (Å²) in [7, 11) is 0. The molecule has 0 aliphatic rings. The number of aliphatic hydroxyl groups is 2. The zero-order chi connectivity index (χ0) is 20.1. The highest BCUT2D eigenvalue weighted by molar-refractivity contribution is 5.50. The molecule has 0 radical (unpaired) electrons. The highest BCUT2D eigenvalue weighted by Crippen LogP contribution is 2.38. The Morgan fingerprint density at radius 2 is 1.64 bits per heavy atom. The van der Waals surface area contributed by atoms with E-state index in [1.807, 2.05) is 36.4 Å². The number of aromatic hydroxyl groups is 1. The van der Waals surface area contributed by atoms with Gasteiger partial charge in [0.05, 0.1) is 12.2 Å². The van der Waals surface area contributed by atoms with E-state index in [0.29, 0.717) is 5.56 Å². The summed E-state index contributed by atoms with van der Waals surface area (Å²) >= 11 is 0. The quantitative estimate of drug-likeness (QED) is 0.585. The molecule has 0 aliphatic carbocycles. The van der Waals surface area contributed by atoms with E-state index in [-0.39, 0.29) is 42.5 Å². The number of nitrogens with zero attached hydrogens (tertiary/aromatic N) is 1. The van der Waals surface area contributed by atoms with Crippen LogP contribution in [0, 0.1) is 6.92 Å². The van der Waals surface area contributed by atoms with Crippen molar-refractivity contribution in [3.63, 3.8) is 0 Å². The largest absolute Gasteiger partial charge is 0.504 e. The van der Waals surface area contributed by atoms with E-state index in [0.717, 1.165) is 5.56 Å². The SMILES string of the molecule is Cc1c(O)c(OCc2ccccc2)c(C(O)c2ccccc2)n(CCO)c1=O. The Balaban J connectivity index is 2.14. The third-order valence-electron chi connectivity index (χ3n) is 4.58. The van der Waals surface area contributed by atoms with Crippen LogP contribution in [0.3, 0.4) is 0 Å². The number of aliphatic hydroxyl groups excluding tert-OH is 2. The molecule has 1 atom stereocenters. The van der Waals surface area contributed by atoms with Gasteiger partial charge in [-0.3, -0.25) is 4.79 Å². The second kappa shape index (κ2) is 8.73. The van der Waals surface area contributed by atoms with Gasteiger partial charge in [0.25, 0.3) is 5.56 Å². The molecule has 146 valence electrons. The lowest BCUT2D eigenvalue weighted by Gasteiger charge is -2.23. The van der Waals surface area contributed by atoms with Crippen molar-refractivity contribution in [1.82, 2.24) is 4.57 Å². The molecular weight excluding hydrogens is 358 g/mol. The van der Waals surface area contributed by atoms with Crippen LogP contribution < -0.4 is 10.3 Å². The van der Waals surface area contributed by atoms with Crippen LogP contribution in [0.25, 0.3) is 0 Å². The van der Waals surface area contributed by atoms with Crippen molar-refractivity contribution in [1.29, 1.82) is 0 Å². The third-order valence-corrected chi connectivity index (χ3v) is 4.58. The second-order valence-electron chi connectivity index (χ2n) is 6.46. The minimum atomic E-state index is -1.21. The average Bonchev–Trinajstić information content (AvgIpc) is 2.74. The molecule has 1 heterocycles. The fourth-order valence-corrected chi connectivity index (χ4v) is 3.09. The van der Waals surface area contributed by atoms with E-state index in [1.165, 1.54) is 11.5 Å². The van der Waals surface area contributed by atoms with Crippen molar-refractivity contribution < 1.29 is 20.1 Å². The molecule has 0 amide bonds. The molecule has 0 aliphatic heterocycles. The molecule has 28 heavy (non-hydrogen) atoms. The van der Waals surface area contributed by atoms with Gasteiger partial charge in [0.1, 0.15) is 18.4 Å². The molecular formula is C22H23NO5. The minimum Gasteiger partial charge on any atom is -0.504 e. The van der Waals surface area contributed by atoms with E-state index in [1.54, 1.807) is 24.3 Å². The van der Waals surface area contributed by atoms with Crippen molar-refractivity contribution in [2.75, 3.05) is 6.61 Å². The number of benzene rings is 2. The maximum Gasteiger partial charge on any atom is 0.257 e. The van der Waals surface area contributed by atoms with Gasteiger partial charge in [-0.1, -0.05) is 60.7 Å². The highest BCUT2D eigenvalue weighted by Gasteiger charge is 2.26. The molecule has 1 aromatic heterocycles.